The number of aliphatic hydroxyl groups is 1. The minimum Gasteiger partial charge on any atom is -0.396 e. The van der Waals surface area contributed by atoms with Crippen molar-refractivity contribution in [1.82, 2.24) is 4.90 Å². The highest BCUT2D eigenvalue weighted by atomic mass is 19.1. The van der Waals surface area contributed by atoms with Gasteiger partial charge in [-0.2, -0.15) is 0 Å². The van der Waals surface area contributed by atoms with Crippen LogP contribution in [-0.2, 0) is 4.79 Å². The van der Waals surface area contributed by atoms with Crippen molar-refractivity contribution in [3.8, 4) is 0 Å². The molecule has 0 heterocycles. The summed E-state index contributed by atoms with van der Waals surface area (Å²) >= 11 is 0. The maximum atomic E-state index is 13.5. The summed E-state index contributed by atoms with van der Waals surface area (Å²) in [5.74, 6) is -0.633. The summed E-state index contributed by atoms with van der Waals surface area (Å²) in [7, 11) is 0. The highest BCUT2D eigenvalue weighted by molar-refractivity contribution is 5.92. The Hall–Kier alpha value is -1.46. The second kappa shape index (κ2) is 7.36. The normalized spacial score (nSPS) is 15.2. The molecule has 0 aromatic heterocycles. The molecular weight excluding hydrogens is 259 g/mol. The number of nitrogens with one attached hydrogen (secondary N) is 1. The number of halogens is 1. The Bertz CT molecular complexity index is 449. The molecule has 1 aromatic rings. The lowest BCUT2D eigenvalue weighted by Gasteiger charge is -2.37. The number of hydrogen-bond acceptors (Lipinski definition) is 3. The van der Waals surface area contributed by atoms with Gasteiger partial charge in [-0.1, -0.05) is 18.6 Å². The summed E-state index contributed by atoms with van der Waals surface area (Å²) in [6.07, 6.45) is 4.04. The van der Waals surface area contributed by atoms with Crippen LogP contribution in [0.4, 0.5) is 10.1 Å². The van der Waals surface area contributed by atoms with E-state index in [1.807, 2.05) is 0 Å². The van der Waals surface area contributed by atoms with Gasteiger partial charge in [-0.05, 0) is 31.4 Å². The lowest BCUT2D eigenvalue weighted by Crippen LogP contribution is -2.45. The molecule has 2 rings (SSSR count). The molecule has 0 bridgehead atoms. The van der Waals surface area contributed by atoms with Crippen molar-refractivity contribution in [2.24, 2.45) is 0 Å². The van der Waals surface area contributed by atoms with E-state index in [0.29, 0.717) is 19.0 Å². The number of hydrogen-bond donors (Lipinski definition) is 2. The fraction of sp³-hybridized carbons (Fsp3) is 0.533. The van der Waals surface area contributed by atoms with Crippen molar-refractivity contribution in [2.75, 3.05) is 25.0 Å². The fourth-order valence-corrected chi connectivity index (χ4v) is 2.35. The maximum Gasteiger partial charge on any atom is 0.238 e. The molecule has 1 amide bonds. The first-order valence-corrected chi connectivity index (χ1v) is 7.10. The zero-order valence-electron chi connectivity index (χ0n) is 11.5. The molecule has 1 aromatic carbocycles. The van der Waals surface area contributed by atoms with E-state index in [9.17, 15) is 9.18 Å². The second-order valence-electron chi connectivity index (χ2n) is 5.16. The lowest BCUT2D eigenvalue weighted by molar-refractivity contribution is -0.118. The minimum atomic E-state index is -0.425. The Morgan fingerprint density at radius 2 is 2.15 bits per heavy atom. The van der Waals surface area contributed by atoms with Gasteiger partial charge in [0, 0.05) is 19.2 Å². The molecule has 110 valence electrons. The molecule has 0 aliphatic heterocycles. The van der Waals surface area contributed by atoms with Crippen LogP contribution in [0.1, 0.15) is 25.7 Å². The van der Waals surface area contributed by atoms with Gasteiger partial charge in [0.05, 0.1) is 12.2 Å². The standard InChI is InChI=1S/C15H21FN2O2/c16-13-7-1-2-8-14(13)17-15(20)11-18(9-4-10-19)12-5-3-6-12/h1-2,7-8,12,19H,3-6,9-11H2,(H,17,20). The molecule has 1 saturated carbocycles. The second-order valence-corrected chi connectivity index (χ2v) is 5.16. The number of anilines is 1. The third kappa shape index (κ3) is 4.02. The largest absolute Gasteiger partial charge is 0.396 e. The van der Waals surface area contributed by atoms with Crippen molar-refractivity contribution in [3.63, 3.8) is 0 Å². The van der Waals surface area contributed by atoms with Gasteiger partial charge >= 0.3 is 0 Å². The van der Waals surface area contributed by atoms with Crippen molar-refractivity contribution in [2.45, 2.75) is 31.7 Å². The molecule has 0 unspecified atom stereocenters. The van der Waals surface area contributed by atoms with E-state index in [1.54, 1.807) is 18.2 Å². The Morgan fingerprint density at radius 1 is 1.40 bits per heavy atom. The van der Waals surface area contributed by atoms with E-state index in [2.05, 4.69) is 10.2 Å². The van der Waals surface area contributed by atoms with E-state index >= 15 is 0 Å². The van der Waals surface area contributed by atoms with E-state index in [0.717, 1.165) is 12.8 Å². The molecule has 0 saturated heterocycles. The topological polar surface area (TPSA) is 52.6 Å². The van der Waals surface area contributed by atoms with Crippen LogP contribution in [0.2, 0.25) is 0 Å². The van der Waals surface area contributed by atoms with Gasteiger partial charge in [0.25, 0.3) is 0 Å². The summed E-state index contributed by atoms with van der Waals surface area (Å²) < 4.78 is 13.5. The predicted molar refractivity (Wildman–Crippen MR) is 75.9 cm³/mol. The highest BCUT2D eigenvalue weighted by Gasteiger charge is 2.26. The van der Waals surface area contributed by atoms with Gasteiger partial charge < -0.3 is 10.4 Å². The van der Waals surface area contributed by atoms with Gasteiger partial charge in [-0.3, -0.25) is 9.69 Å². The number of nitrogens with zero attached hydrogens (tertiary/aromatic N) is 1. The monoisotopic (exact) mass is 280 g/mol. The molecular formula is C15H21FN2O2. The first-order valence-electron chi connectivity index (χ1n) is 7.10. The zero-order chi connectivity index (χ0) is 14.4. The van der Waals surface area contributed by atoms with Gasteiger partial charge in [-0.25, -0.2) is 4.39 Å². The number of rotatable bonds is 7. The van der Waals surface area contributed by atoms with Gasteiger partial charge in [0.15, 0.2) is 0 Å². The average Bonchev–Trinajstić information content (AvgIpc) is 2.36. The third-order valence-corrected chi connectivity index (χ3v) is 3.69. The van der Waals surface area contributed by atoms with Gasteiger partial charge in [-0.15, -0.1) is 0 Å². The number of amides is 1. The maximum absolute atomic E-state index is 13.5. The molecule has 0 atom stereocenters. The first-order chi connectivity index (χ1) is 9.70. The lowest BCUT2D eigenvalue weighted by atomic mass is 9.91. The van der Waals surface area contributed by atoms with Crippen LogP contribution in [0.25, 0.3) is 0 Å². The zero-order valence-corrected chi connectivity index (χ0v) is 11.5. The molecule has 1 aliphatic carbocycles. The number of aliphatic hydroxyl groups excluding tert-OH is 1. The van der Waals surface area contributed by atoms with Crippen LogP contribution in [0.15, 0.2) is 24.3 Å². The molecule has 1 aliphatic rings. The number of benzene rings is 1. The Balaban J connectivity index is 1.89. The molecule has 4 nitrogen and oxygen atoms in total. The molecule has 5 heteroatoms. The molecule has 2 N–H and O–H groups in total. The van der Waals surface area contributed by atoms with E-state index in [-0.39, 0.29) is 24.7 Å². The van der Waals surface area contributed by atoms with Crippen molar-refractivity contribution in [3.05, 3.63) is 30.1 Å². The van der Waals surface area contributed by atoms with E-state index < -0.39 is 5.82 Å². The fourth-order valence-electron chi connectivity index (χ4n) is 2.35. The van der Waals surface area contributed by atoms with Gasteiger partial charge in [0.2, 0.25) is 5.91 Å². The summed E-state index contributed by atoms with van der Waals surface area (Å²) in [5, 5.41) is 11.5. The quantitative estimate of drug-likeness (QED) is 0.803. The van der Waals surface area contributed by atoms with E-state index in [4.69, 9.17) is 5.11 Å². The number of carbonyl (C=O) groups is 1. The Labute approximate surface area is 118 Å². The van der Waals surface area contributed by atoms with Crippen LogP contribution in [0.5, 0.6) is 0 Å². The van der Waals surface area contributed by atoms with Gasteiger partial charge in [0.1, 0.15) is 5.82 Å². The molecule has 1 fully saturated rings. The summed E-state index contributed by atoms with van der Waals surface area (Å²) in [4.78, 5) is 14.1. The van der Waals surface area contributed by atoms with Crippen LogP contribution in [0, 0.1) is 5.82 Å². The molecule has 0 spiro atoms. The minimum absolute atomic E-state index is 0.123. The van der Waals surface area contributed by atoms with Crippen LogP contribution < -0.4 is 5.32 Å². The molecule has 0 radical (unpaired) electrons. The highest BCUT2D eigenvalue weighted by Crippen LogP contribution is 2.24. The average molecular weight is 280 g/mol. The van der Waals surface area contributed by atoms with Crippen molar-refractivity contribution in [1.29, 1.82) is 0 Å². The first kappa shape index (κ1) is 14.9. The smallest absolute Gasteiger partial charge is 0.238 e. The Kier molecular flexibility index (Phi) is 5.49. The van der Waals surface area contributed by atoms with Crippen molar-refractivity contribution < 1.29 is 14.3 Å². The summed E-state index contributed by atoms with van der Waals surface area (Å²) in [5.41, 5.74) is 0.216. The molecule has 20 heavy (non-hydrogen) atoms. The SMILES string of the molecule is O=C(CN(CCCO)C1CCC1)Nc1ccccc1F. The number of para-hydroxylation sites is 1. The van der Waals surface area contributed by atoms with Crippen LogP contribution in [-0.4, -0.2) is 41.7 Å². The third-order valence-electron chi connectivity index (χ3n) is 3.69. The van der Waals surface area contributed by atoms with Crippen molar-refractivity contribution >= 4 is 11.6 Å². The Morgan fingerprint density at radius 3 is 2.75 bits per heavy atom. The van der Waals surface area contributed by atoms with Crippen LogP contribution >= 0.6 is 0 Å². The summed E-state index contributed by atoms with van der Waals surface area (Å²) in [6, 6.07) is 6.58. The van der Waals surface area contributed by atoms with E-state index in [1.165, 1.54) is 12.5 Å². The number of carbonyl (C=O) groups excluding carboxylic acids is 1. The predicted octanol–water partition coefficient (Wildman–Crippen LogP) is 2.00. The van der Waals surface area contributed by atoms with Crippen LogP contribution in [0.3, 0.4) is 0 Å². The summed E-state index contributed by atoms with van der Waals surface area (Å²) in [6.45, 7) is 1.07.